The average molecular weight is 392 g/mol. The normalized spacial score (nSPS) is 10.4. The maximum Gasteiger partial charge on any atom is 0.276 e. The number of anilines is 1. The topological polar surface area (TPSA) is 105 Å². The van der Waals surface area contributed by atoms with E-state index in [4.69, 9.17) is 0 Å². The zero-order valence-corrected chi connectivity index (χ0v) is 16.2. The van der Waals surface area contributed by atoms with Crippen molar-refractivity contribution in [1.29, 1.82) is 0 Å². The number of aryl methyl sites for hydroxylation is 1. The van der Waals surface area contributed by atoms with Crippen LogP contribution in [0, 0.1) is 6.92 Å². The predicted molar refractivity (Wildman–Crippen MR) is 109 cm³/mol. The zero-order valence-electron chi connectivity index (χ0n) is 16.2. The summed E-state index contributed by atoms with van der Waals surface area (Å²) in [5.74, 6) is -1.35. The SMILES string of the molecule is Cc1cc(=O)n(-c2ccccc2)nc1C(=O)Nc1cccc(C(=O)N(C)C)c1O. The van der Waals surface area contributed by atoms with Gasteiger partial charge in [0.25, 0.3) is 17.4 Å². The lowest BCUT2D eigenvalue weighted by atomic mass is 10.1. The van der Waals surface area contributed by atoms with Gasteiger partial charge in [-0.25, -0.2) is 0 Å². The lowest BCUT2D eigenvalue weighted by molar-refractivity contribution is 0.0824. The lowest BCUT2D eigenvalue weighted by Gasteiger charge is -2.15. The third kappa shape index (κ3) is 4.01. The first-order valence-corrected chi connectivity index (χ1v) is 8.81. The summed E-state index contributed by atoms with van der Waals surface area (Å²) in [7, 11) is 3.13. The number of phenols is 1. The maximum atomic E-state index is 12.8. The first-order valence-electron chi connectivity index (χ1n) is 8.81. The molecule has 0 saturated heterocycles. The van der Waals surface area contributed by atoms with E-state index in [1.54, 1.807) is 57.4 Å². The molecule has 0 fully saturated rings. The Morgan fingerprint density at radius 2 is 1.76 bits per heavy atom. The summed E-state index contributed by atoms with van der Waals surface area (Å²) < 4.78 is 1.13. The number of nitrogens with zero attached hydrogens (tertiary/aromatic N) is 3. The van der Waals surface area contributed by atoms with E-state index in [0.717, 1.165) is 4.68 Å². The van der Waals surface area contributed by atoms with Crippen molar-refractivity contribution < 1.29 is 14.7 Å². The molecule has 0 spiro atoms. The van der Waals surface area contributed by atoms with Crippen LogP contribution in [-0.4, -0.2) is 45.7 Å². The summed E-state index contributed by atoms with van der Waals surface area (Å²) in [4.78, 5) is 38.6. The molecule has 148 valence electrons. The highest BCUT2D eigenvalue weighted by Crippen LogP contribution is 2.28. The van der Waals surface area contributed by atoms with E-state index in [1.807, 2.05) is 0 Å². The number of rotatable bonds is 4. The van der Waals surface area contributed by atoms with Crippen molar-refractivity contribution in [2.75, 3.05) is 19.4 Å². The fraction of sp³-hybridized carbons (Fsp3) is 0.143. The summed E-state index contributed by atoms with van der Waals surface area (Å²) in [6, 6.07) is 14.5. The van der Waals surface area contributed by atoms with Crippen molar-refractivity contribution >= 4 is 17.5 Å². The fourth-order valence-corrected chi connectivity index (χ4v) is 2.76. The van der Waals surface area contributed by atoms with Crippen LogP contribution < -0.4 is 10.9 Å². The van der Waals surface area contributed by atoms with E-state index in [-0.39, 0.29) is 28.3 Å². The summed E-state index contributed by atoms with van der Waals surface area (Å²) in [5.41, 5.74) is 0.699. The van der Waals surface area contributed by atoms with Gasteiger partial charge in [-0.05, 0) is 36.8 Å². The monoisotopic (exact) mass is 392 g/mol. The molecule has 2 aromatic carbocycles. The van der Waals surface area contributed by atoms with Gasteiger partial charge in [0.05, 0.1) is 16.9 Å². The number of para-hydroxylation sites is 2. The van der Waals surface area contributed by atoms with Crippen LogP contribution >= 0.6 is 0 Å². The van der Waals surface area contributed by atoms with Gasteiger partial charge in [-0.1, -0.05) is 24.3 Å². The molecule has 8 nitrogen and oxygen atoms in total. The second kappa shape index (κ2) is 7.97. The molecule has 0 bridgehead atoms. The number of aromatic hydroxyl groups is 1. The molecular formula is C21H20N4O4. The molecule has 2 amide bonds. The third-order valence-corrected chi connectivity index (χ3v) is 4.26. The smallest absolute Gasteiger partial charge is 0.276 e. The van der Waals surface area contributed by atoms with E-state index in [1.165, 1.54) is 23.1 Å². The Balaban J connectivity index is 1.98. The number of aromatic nitrogens is 2. The standard InChI is InChI=1S/C21H20N4O4/c1-13-12-17(26)25(14-8-5-4-6-9-14)23-18(13)20(28)22-16-11-7-10-15(19(16)27)21(29)24(2)3/h4-12,27H,1-3H3,(H,22,28). The highest BCUT2D eigenvalue weighted by Gasteiger charge is 2.20. The summed E-state index contributed by atoms with van der Waals surface area (Å²) in [6.07, 6.45) is 0. The Hall–Kier alpha value is -3.94. The Labute approximate surface area is 167 Å². The largest absolute Gasteiger partial charge is 0.505 e. The minimum atomic E-state index is -0.614. The van der Waals surface area contributed by atoms with Crippen LogP contribution in [0.1, 0.15) is 26.4 Å². The molecule has 0 aliphatic rings. The van der Waals surface area contributed by atoms with Crippen LogP contribution in [-0.2, 0) is 0 Å². The van der Waals surface area contributed by atoms with E-state index >= 15 is 0 Å². The van der Waals surface area contributed by atoms with Gasteiger partial charge in [0, 0.05) is 20.2 Å². The first kappa shape index (κ1) is 19.8. The molecule has 2 N–H and O–H groups in total. The highest BCUT2D eigenvalue weighted by atomic mass is 16.3. The molecule has 29 heavy (non-hydrogen) atoms. The van der Waals surface area contributed by atoms with E-state index in [0.29, 0.717) is 11.3 Å². The van der Waals surface area contributed by atoms with Gasteiger partial charge < -0.3 is 15.3 Å². The minimum Gasteiger partial charge on any atom is -0.505 e. The Bertz CT molecular complexity index is 1140. The molecule has 1 aromatic heterocycles. The van der Waals surface area contributed by atoms with Crippen molar-refractivity contribution in [2.24, 2.45) is 0 Å². The van der Waals surface area contributed by atoms with Crippen molar-refractivity contribution in [3.8, 4) is 11.4 Å². The molecule has 0 radical (unpaired) electrons. The van der Waals surface area contributed by atoms with Crippen molar-refractivity contribution in [2.45, 2.75) is 6.92 Å². The molecule has 0 aliphatic heterocycles. The molecule has 8 heteroatoms. The predicted octanol–water partition coefficient (Wildman–Crippen LogP) is 2.20. The number of hydrogen-bond acceptors (Lipinski definition) is 5. The van der Waals surface area contributed by atoms with E-state index in [2.05, 4.69) is 10.4 Å². The zero-order chi connectivity index (χ0) is 21.1. The fourth-order valence-electron chi connectivity index (χ4n) is 2.76. The second-order valence-corrected chi connectivity index (χ2v) is 6.62. The highest BCUT2D eigenvalue weighted by molar-refractivity contribution is 6.06. The number of benzene rings is 2. The minimum absolute atomic E-state index is 0.0252. The van der Waals surface area contributed by atoms with Gasteiger partial charge in [0.1, 0.15) is 0 Å². The molecule has 0 unspecified atom stereocenters. The van der Waals surface area contributed by atoms with Gasteiger partial charge in [-0.2, -0.15) is 9.78 Å². The average Bonchev–Trinajstić information content (AvgIpc) is 2.69. The van der Waals surface area contributed by atoms with Gasteiger partial charge in [-0.15, -0.1) is 0 Å². The van der Waals surface area contributed by atoms with Gasteiger partial charge >= 0.3 is 0 Å². The van der Waals surface area contributed by atoms with Crippen molar-refractivity contribution in [3.63, 3.8) is 0 Å². The third-order valence-electron chi connectivity index (χ3n) is 4.26. The van der Waals surface area contributed by atoms with Gasteiger partial charge in [-0.3, -0.25) is 14.4 Å². The molecular weight excluding hydrogens is 372 g/mol. The number of hydrogen-bond donors (Lipinski definition) is 2. The van der Waals surface area contributed by atoms with Crippen LogP contribution in [0.2, 0.25) is 0 Å². The molecule has 0 saturated carbocycles. The second-order valence-electron chi connectivity index (χ2n) is 6.62. The maximum absolute atomic E-state index is 12.8. The summed E-state index contributed by atoms with van der Waals surface area (Å²) >= 11 is 0. The van der Waals surface area contributed by atoms with E-state index < -0.39 is 11.8 Å². The number of amides is 2. The van der Waals surface area contributed by atoms with Crippen molar-refractivity contribution in [3.05, 3.63) is 81.8 Å². The van der Waals surface area contributed by atoms with Crippen LogP contribution in [0.25, 0.3) is 5.69 Å². The van der Waals surface area contributed by atoms with Crippen LogP contribution in [0.4, 0.5) is 5.69 Å². The number of nitrogens with one attached hydrogen (secondary N) is 1. The molecule has 0 aliphatic carbocycles. The Morgan fingerprint density at radius 3 is 2.41 bits per heavy atom. The van der Waals surface area contributed by atoms with Crippen molar-refractivity contribution in [1.82, 2.24) is 14.7 Å². The number of carbonyl (C=O) groups is 2. The molecule has 3 rings (SSSR count). The summed E-state index contributed by atoms with van der Waals surface area (Å²) in [5, 5.41) is 17.2. The van der Waals surface area contributed by atoms with E-state index in [9.17, 15) is 19.5 Å². The Morgan fingerprint density at radius 1 is 1.07 bits per heavy atom. The quantitative estimate of drug-likeness (QED) is 0.663. The van der Waals surface area contributed by atoms with Gasteiger partial charge in [0.2, 0.25) is 0 Å². The molecule has 1 heterocycles. The Kier molecular flexibility index (Phi) is 5.45. The lowest BCUT2D eigenvalue weighted by Crippen LogP contribution is -2.27. The number of carbonyl (C=O) groups excluding carboxylic acids is 2. The van der Waals surface area contributed by atoms with Gasteiger partial charge in [0.15, 0.2) is 11.4 Å². The first-order chi connectivity index (χ1) is 13.8. The summed E-state index contributed by atoms with van der Waals surface area (Å²) in [6.45, 7) is 1.60. The van der Waals surface area contributed by atoms with Crippen LogP contribution in [0.3, 0.4) is 0 Å². The molecule has 0 atom stereocenters. The van der Waals surface area contributed by atoms with Crippen LogP contribution in [0.5, 0.6) is 5.75 Å². The molecule has 3 aromatic rings. The van der Waals surface area contributed by atoms with Crippen LogP contribution in [0.15, 0.2) is 59.4 Å². The number of phenolic OH excluding ortho intramolecular Hbond substituents is 1.